The molecule has 0 amide bonds. The molecule has 0 aliphatic rings. The van der Waals surface area contributed by atoms with Crippen molar-refractivity contribution in [1.82, 2.24) is 0 Å². The monoisotopic (exact) mass is 372 g/mol. The van der Waals surface area contributed by atoms with E-state index >= 15 is 0 Å². The van der Waals surface area contributed by atoms with Crippen LogP contribution in [0.3, 0.4) is 0 Å². The zero-order valence-electron chi connectivity index (χ0n) is 16.3. The number of ketones is 1. The Hall–Kier alpha value is -2.21. The molecule has 0 saturated carbocycles. The molecule has 2 atom stereocenters. The van der Waals surface area contributed by atoms with Gasteiger partial charge in [-0.25, -0.2) is 0 Å². The molecule has 0 fully saturated rings. The maximum atomic E-state index is 12.4. The zero-order chi connectivity index (χ0) is 19.9. The highest BCUT2D eigenvalue weighted by molar-refractivity contribution is 6.08. The molecule has 27 heavy (non-hydrogen) atoms. The van der Waals surface area contributed by atoms with E-state index in [1.165, 1.54) is 0 Å². The second-order valence-corrected chi connectivity index (χ2v) is 7.47. The summed E-state index contributed by atoms with van der Waals surface area (Å²) in [6.45, 7) is 5.74. The van der Waals surface area contributed by atoms with Crippen molar-refractivity contribution in [2.75, 3.05) is 33.3 Å². The molecule has 0 radical (unpaired) electrons. The Kier molecular flexibility index (Phi) is 7.54. The predicted molar refractivity (Wildman–Crippen MR) is 106 cm³/mol. The molecule has 2 aromatic rings. The number of nitrogens with zero attached hydrogens (tertiary/aromatic N) is 1. The van der Waals surface area contributed by atoms with Gasteiger partial charge in [0.25, 0.3) is 0 Å². The Morgan fingerprint density at radius 2 is 1.44 bits per heavy atom. The van der Waals surface area contributed by atoms with Gasteiger partial charge in [-0.2, -0.15) is 0 Å². The summed E-state index contributed by atoms with van der Waals surface area (Å²) in [6.07, 6.45) is -0.894. The van der Waals surface area contributed by atoms with Crippen LogP contribution < -0.4 is 4.74 Å². The van der Waals surface area contributed by atoms with Gasteiger partial charge in [0.2, 0.25) is 0 Å². The molecule has 0 heterocycles. The fraction of sp³-hybridized carbons (Fsp3) is 0.409. The van der Waals surface area contributed by atoms with E-state index in [0.29, 0.717) is 47.6 Å². The molecule has 146 valence electrons. The number of benzene rings is 2. The number of carbonyl (C=O) groups excluding carboxylic acids is 1. The average molecular weight is 372 g/mol. The van der Waals surface area contributed by atoms with Crippen LogP contribution in [0.15, 0.2) is 54.6 Å². The van der Waals surface area contributed by atoms with E-state index < -0.39 is 12.2 Å². The first kappa shape index (κ1) is 21.1. The molecule has 5 heteroatoms. The maximum Gasteiger partial charge on any atom is 0.193 e. The van der Waals surface area contributed by atoms with Crippen molar-refractivity contribution in [1.29, 1.82) is 0 Å². The molecule has 0 saturated heterocycles. The van der Waals surface area contributed by atoms with Crippen LogP contribution in [0.25, 0.3) is 0 Å². The Labute approximate surface area is 161 Å². The molecule has 2 N–H and O–H groups in total. The minimum atomic E-state index is -0.447. The van der Waals surface area contributed by atoms with Crippen LogP contribution in [0.1, 0.15) is 29.8 Å². The molecule has 0 aliphatic heterocycles. The second kappa shape index (κ2) is 9.65. The molecule has 0 aliphatic carbocycles. The van der Waals surface area contributed by atoms with Gasteiger partial charge in [0.05, 0.1) is 7.05 Å². The summed E-state index contributed by atoms with van der Waals surface area (Å²) in [5.74, 6) is 0.681. The van der Waals surface area contributed by atoms with Crippen LogP contribution in [0.2, 0.25) is 0 Å². The highest BCUT2D eigenvalue weighted by Crippen LogP contribution is 2.16. The summed E-state index contributed by atoms with van der Waals surface area (Å²) in [6, 6.07) is 16.3. The van der Waals surface area contributed by atoms with Crippen molar-refractivity contribution < 1.29 is 24.2 Å². The summed E-state index contributed by atoms with van der Waals surface area (Å²) in [7, 11) is 2.00. The molecule has 2 aromatic carbocycles. The van der Waals surface area contributed by atoms with Crippen LogP contribution in [0.5, 0.6) is 5.75 Å². The zero-order valence-corrected chi connectivity index (χ0v) is 16.3. The van der Waals surface area contributed by atoms with Crippen molar-refractivity contribution in [2.45, 2.75) is 26.1 Å². The van der Waals surface area contributed by atoms with Crippen LogP contribution in [-0.2, 0) is 0 Å². The number of ether oxygens (including phenoxy) is 1. The number of aliphatic hydroxyl groups excluding tert-OH is 2. The molecule has 0 bridgehead atoms. The normalized spacial score (nSPS) is 15.6. The van der Waals surface area contributed by atoms with Crippen molar-refractivity contribution in [3.05, 3.63) is 65.7 Å². The van der Waals surface area contributed by atoms with Gasteiger partial charge in [0.1, 0.15) is 44.2 Å². The van der Waals surface area contributed by atoms with Crippen LogP contribution >= 0.6 is 0 Å². The summed E-state index contributed by atoms with van der Waals surface area (Å²) in [5, 5.41) is 19.4. The van der Waals surface area contributed by atoms with E-state index in [9.17, 15) is 15.0 Å². The third-order valence-corrected chi connectivity index (χ3v) is 4.46. The van der Waals surface area contributed by atoms with Gasteiger partial charge in [-0.3, -0.25) is 4.79 Å². The third-order valence-electron chi connectivity index (χ3n) is 4.46. The number of hydrogen-bond donors (Lipinski definition) is 2. The van der Waals surface area contributed by atoms with Crippen LogP contribution in [-0.4, -0.2) is 66.0 Å². The standard InChI is InChI=1S/C22H30NO4/c1-17(24)15-23(3,16-18(2)25)13-14-27-21-11-9-20(10-12-21)22(26)19-7-5-4-6-8-19/h4-12,17-18,24-25H,13-16H2,1-3H3/q+1. The van der Waals surface area contributed by atoms with Gasteiger partial charge in [-0.05, 0) is 38.1 Å². The predicted octanol–water partition coefficient (Wildman–Crippen LogP) is 2.50. The van der Waals surface area contributed by atoms with Gasteiger partial charge < -0.3 is 19.4 Å². The van der Waals surface area contributed by atoms with Crippen LogP contribution in [0.4, 0.5) is 0 Å². The van der Waals surface area contributed by atoms with Gasteiger partial charge in [-0.15, -0.1) is 0 Å². The maximum absolute atomic E-state index is 12.4. The lowest BCUT2D eigenvalue weighted by Crippen LogP contribution is -2.53. The van der Waals surface area contributed by atoms with Gasteiger partial charge in [0, 0.05) is 11.1 Å². The van der Waals surface area contributed by atoms with E-state index in [-0.39, 0.29) is 5.78 Å². The molecular weight excluding hydrogens is 342 g/mol. The van der Waals surface area contributed by atoms with Crippen molar-refractivity contribution in [2.24, 2.45) is 0 Å². The Balaban J connectivity index is 1.93. The fourth-order valence-corrected chi connectivity index (χ4v) is 3.38. The lowest BCUT2D eigenvalue weighted by Gasteiger charge is -2.36. The topological polar surface area (TPSA) is 66.8 Å². The fourth-order valence-electron chi connectivity index (χ4n) is 3.38. The van der Waals surface area contributed by atoms with Gasteiger partial charge >= 0.3 is 0 Å². The molecule has 0 spiro atoms. The quantitative estimate of drug-likeness (QED) is 0.497. The Bertz CT molecular complexity index is 701. The largest absolute Gasteiger partial charge is 0.488 e. The highest BCUT2D eigenvalue weighted by atomic mass is 16.5. The number of likely N-dealkylation sites (N-methyl/N-ethyl adjacent to an activating group) is 1. The summed E-state index contributed by atoms with van der Waals surface area (Å²) in [5.41, 5.74) is 1.29. The first-order chi connectivity index (χ1) is 12.8. The first-order valence-electron chi connectivity index (χ1n) is 9.31. The van der Waals surface area contributed by atoms with E-state index in [1.807, 2.05) is 25.2 Å². The molecular formula is C22H30NO4+. The first-order valence-corrected chi connectivity index (χ1v) is 9.31. The van der Waals surface area contributed by atoms with Crippen molar-refractivity contribution >= 4 is 5.78 Å². The number of aliphatic hydroxyl groups is 2. The summed E-state index contributed by atoms with van der Waals surface area (Å²) >= 11 is 0. The number of quaternary nitrogens is 1. The van der Waals surface area contributed by atoms with Crippen molar-refractivity contribution in [3.63, 3.8) is 0 Å². The minimum absolute atomic E-state index is 0.0136. The number of rotatable bonds is 10. The molecule has 5 nitrogen and oxygen atoms in total. The SMILES string of the molecule is CC(O)C[N+](C)(CCOc1ccc(C(=O)c2ccccc2)cc1)CC(C)O. The highest BCUT2D eigenvalue weighted by Gasteiger charge is 2.25. The van der Waals surface area contributed by atoms with Crippen LogP contribution in [0, 0.1) is 0 Å². The smallest absolute Gasteiger partial charge is 0.193 e. The third kappa shape index (κ3) is 6.79. The van der Waals surface area contributed by atoms with Gasteiger partial charge in [-0.1, -0.05) is 30.3 Å². The number of carbonyl (C=O) groups is 1. The Morgan fingerprint density at radius 3 is 1.96 bits per heavy atom. The summed E-state index contributed by atoms with van der Waals surface area (Å²) in [4.78, 5) is 12.4. The lowest BCUT2D eigenvalue weighted by atomic mass is 10.0. The molecule has 2 rings (SSSR count). The second-order valence-electron chi connectivity index (χ2n) is 7.47. The van der Waals surface area contributed by atoms with Gasteiger partial charge in [0.15, 0.2) is 5.78 Å². The molecule has 0 aromatic heterocycles. The van der Waals surface area contributed by atoms with E-state index in [2.05, 4.69) is 0 Å². The lowest BCUT2D eigenvalue weighted by molar-refractivity contribution is -0.914. The van der Waals surface area contributed by atoms with Crippen molar-refractivity contribution in [3.8, 4) is 5.75 Å². The Morgan fingerprint density at radius 1 is 0.926 bits per heavy atom. The average Bonchev–Trinajstić information content (AvgIpc) is 2.61. The van der Waals surface area contributed by atoms with E-state index in [4.69, 9.17) is 4.74 Å². The number of hydrogen-bond acceptors (Lipinski definition) is 4. The molecule has 2 unspecified atom stereocenters. The van der Waals surface area contributed by atoms with E-state index in [1.54, 1.807) is 50.2 Å². The van der Waals surface area contributed by atoms with E-state index in [0.717, 1.165) is 0 Å². The summed E-state index contributed by atoms with van der Waals surface area (Å²) < 4.78 is 6.34. The minimum Gasteiger partial charge on any atom is -0.488 e.